The quantitative estimate of drug-likeness (QED) is 0.0937. The van der Waals surface area contributed by atoms with Gasteiger partial charge in [0.15, 0.2) is 0 Å². The minimum atomic E-state index is -3.58. The zero-order valence-corrected chi connectivity index (χ0v) is 60.7. The van der Waals surface area contributed by atoms with Crippen molar-refractivity contribution in [1.29, 1.82) is 0 Å². The number of ether oxygens (including phenoxy) is 3. The summed E-state index contributed by atoms with van der Waals surface area (Å²) in [5.74, 6) is -0.208. The van der Waals surface area contributed by atoms with Gasteiger partial charge in [0.05, 0.1) is 69.5 Å². The van der Waals surface area contributed by atoms with Crippen LogP contribution in [-0.2, 0) is 127 Å². The molecule has 0 spiro atoms. The molecule has 8 heterocycles. The first-order valence-corrected chi connectivity index (χ1v) is 43.9. The van der Waals surface area contributed by atoms with Gasteiger partial charge in [-0.15, -0.1) is 0 Å². The van der Waals surface area contributed by atoms with Crippen molar-refractivity contribution in [1.82, 2.24) is 56.7 Å². The van der Waals surface area contributed by atoms with Crippen molar-refractivity contribution >= 4 is 119 Å². The number of hydrogen-bond donors (Lipinski definition) is 11. The van der Waals surface area contributed by atoms with E-state index in [1.807, 2.05) is 48.9 Å². The van der Waals surface area contributed by atoms with E-state index < -0.39 is 128 Å². The van der Waals surface area contributed by atoms with Crippen LogP contribution in [-0.4, -0.2) is 240 Å². The van der Waals surface area contributed by atoms with Crippen LogP contribution in [0.1, 0.15) is 84.6 Å². The topological polar surface area (TPSA) is 555 Å². The second-order valence-corrected chi connectivity index (χ2v) is 37.5. The Labute approximate surface area is 565 Å². The highest BCUT2D eigenvalue weighted by Crippen LogP contribution is 2.17. The van der Waals surface area contributed by atoms with E-state index in [-0.39, 0.29) is 63.8 Å². The number of urea groups is 1. The fourth-order valence-corrected chi connectivity index (χ4v) is 17.5. The number of benzene rings is 1. The highest BCUT2D eigenvalue weighted by atomic mass is 33.1. The predicted molar refractivity (Wildman–Crippen MR) is 348 cm³/mol. The number of sulfonamides is 3. The summed E-state index contributed by atoms with van der Waals surface area (Å²) in [5, 5.41) is 20.4. The van der Waals surface area contributed by atoms with Gasteiger partial charge in [-0.2, -0.15) is 33.7 Å². The van der Waals surface area contributed by atoms with Gasteiger partial charge in [-0.1, -0.05) is 44.2 Å². The van der Waals surface area contributed by atoms with Gasteiger partial charge in [-0.05, 0) is 76.7 Å². The SMILES string of the molecule is CC(C)[C@@H]1NS(=O)(=O)CCCNC1=O.CCOC1NCCCS(=O)(=O)O1.COC1NCCCS(=O)(=O)O1.C[C@@H]1NS(=O)(=O)CCCNC1=O.O=C1NCCCS(=O)(=O)N1.O=C1NCCCS(=O)(=O)O1.O=C1NCCCS(=O)(=O)S1.O=S1(=O)CCCNC(OCc2ccccc2)O1. The predicted octanol–water partition coefficient (Wildman–Crippen LogP) is -3.38. The Hall–Kier alpha value is -4.32. The molecule has 3 unspecified atom stereocenters. The monoisotopic (exact) mass is 1560 g/mol. The number of carbonyl (C=O) groups is 5. The average molecular weight is 1560 g/mol. The Morgan fingerprint density at radius 2 is 0.917 bits per heavy atom. The summed E-state index contributed by atoms with van der Waals surface area (Å²) in [6, 6.07) is 7.60. The third-order valence-electron chi connectivity index (χ3n) is 12.1. The van der Waals surface area contributed by atoms with Crippen molar-refractivity contribution < 1.29 is 122 Å². The van der Waals surface area contributed by atoms with Crippen molar-refractivity contribution in [3.8, 4) is 0 Å². The molecule has 0 radical (unpaired) electrons. The molecule has 6 amide bonds. The standard InChI is InChI=1S/C11H15NO4S.C8H16N2O3S.C6H12N2O3S.C6H13NO4S.C5H11NO4S.C4H8N2O3S.C4H7NO4S.C4H7NO3S2/c13-17(14)8-4-7-12-11(16-17)15-9-10-5-2-1-3-6-10;1-6(2)7-8(11)9-4-3-5-14(12,13)10-7;1-5-6(9)7-3-2-4-12(10,11)8-5;1-2-10-6-7-4-3-5-12(8,9)11-6;1-9-5-6-3-2-4-11(7,8)10-5;7-4-5-2-1-3-10(8,9)6-4;2*6-4-5-2-1-3-10(7,8)9-4/h1-3,5-6,11-12H,4,7-9H2;6-7,10H,3-5H2,1-2H3,(H,9,11);5,8H,2-4H2,1H3,(H,7,9);6-7H,2-5H2,1H3;5-6H,2-4H2,1H3;1-3H2,(H2,5,6,7);2*1-3H2,(H,5,6)/t;7-;5-;;;;;/m.00...../s1. The van der Waals surface area contributed by atoms with E-state index >= 15 is 0 Å². The highest BCUT2D eigenvalue weighted by molar-refractivity contribution is 8.77. The van der Waals surface area contributed by atoms with E-state index in [4.69, 9.17) is 18.4 Å². The van der Waals surface area contributed by atoms with Crippen LogP contribution in [0.15, 0.2) is 30.3 Å². The molecule has 0 aromatic heterocycles. The lowest BCUT2D eigenvalue weighted by atomic mass is 10.1. The number of hydrogen-bond acceptors (Lipinski definition) is 32. The molecule has 11 N–H and O–H groups in total. The van der Waals surface area contributed by atoms with Crippen LogP contribution < -0.4 is 56.7 Å². The summed E-state index contributed by atoms with van der Waals surface area (Å²) in [5.41, 5.74) is 0.972. The maximum absolute atomic E-state index is 11.5. The Morgan fingerprint density at radius 3 is 1.45 bits per heavy atom. The molecule has 0 bridgehead atoms. The van der Waals surface area contributed by atoms with Crippen molar-refractivity contribution in [2.75, 3.05) is 112 Å². The molecule has 39 nitrogen and oxygen atoms in total. The zero-order chi connectivity index (χ0) is 72.3. The summed E-state index contributed by atoms with van der Waals surface area (Å²) < 4.78 is 215. The van der Waals surface area contributed by atoms with E-state index in [1.54, 1.807) is 6.92 Å². The molecule has 558 valence electrons. The van der Waals surface area contributed by atoms with E-state index in [9.17, 15) is 91.3 Å². The first-order chi connectivity index (χ1) is 44.7. The molecule has 8 aliphatic heterocycles. The number of methoxy groups -OCH3 is 1. The molecule has 0 aliphatic carbocycles. The lowest BCUT2D eigenvalue weighted by Crippen LogP contribution is -2.52. The van der Waals surface area contributed by atoms with Gasteiger partial charge in [0.2, 0.25) is 70.0 Å². The van der Waals surface area contributed by atoms with Gasteiger partial charge in [0.1, 0.15) is 6.04 Å². The molecular formula is C48H89N11O28S9. The van der Waals surface area contributed by atoms with Crippen LogP contribution >= 0.6 is 10.8 Å². The zero-order valence-electron chi connectivity index (χ0n) is 53.3. The molecule has 1 aromatic carbocycles. The third kappa shape index (κ3) is 41.9. The number of nitrogens with one attached hydrogen (secondary N) is 11. The van der Waals surface area contributed by atoms with E-state index in [1.165, 1.54) is 14.0 Å². The van der Waals surface area contributed by atoms with Gasteiger partial charge in [0, 0.05) is 66.1 Å². The van der Waals surface area contributed by atoms with Crippen molar-refractivity contribution in [3.63, 3.8) is 0 Å². The van der Waals surface area contributed by atoms with Gasteiger partial charge in [0.25, 0.3) is 35.6 Å². The number of carbonyl (C=O) groups excluding carboxylic acids is 5. The first kappa shape index (κ1) is 87.8. The van der Waals surface area contributed by atoms with Gasteiger partial charge in [-0.25, -0.2) is 70.0 Å². The number of amides is 6. The second kappa shape index (κ2) is 43.4. The molecule has 48 heteroatoms. The van der Waals surface area contributed by atoms with Crippen LogP contribution in [0.2, 0.25) is 0 Å². The summed E-state index contributed by atoms with van der Waals surface area (Å²) >= 11 is 0. The minimum Gasteiger partial charge on any atom is -0.355 e. The van der Waals surface area contributed by atoms with Crippen LogP contribution in [0, 0.1) is 5.92 Å². The van der Waals surface area contributed by atoms with Crippen molar-refractivity contribution in [2.24, 2.45) is 5.92 Å². The third-order valence-corrected chi connectivity index (χ3v) is 24.4. The molecule has 9 rings (SSSR count). The smallest absolute Gasteiger partial charge is 0.355 e. The summed E-state index contributed by atoms with van der Waals surface area (Å²) in [6.07, 6.45) is 0.600. The largest absolute Gasteiger partial charge is 0.422 e. The first-order valence-electron chi connectivity index (χ1n) is 29.6. The molecule has 96 heavy (non-hydrogen) atoms. The molecular weight excluding hydrogens is 1470 g/mol. The summed E-state index contributed by atoms with van der Waals surface area (Å²) in [4.78, 5) is 53.9. The van der Waals surface area contributed by atoms with Crippen molar-refractivity contribution in [3.05, 3.63) is 35.9 Å². The van der Waals surface area contributed by atoms with Gasteiger partial charge >= 0.3 is 22.2 Å². The minimum absolute atomic E-state index is 0.0196. The normalized spacial score (nSPS) is 27.0. The summed E-state index contributed by atoms with van der Waals surface area (Å²) in [6.45, 7) is 11.5. The molecule has 8 aliphatic rings. The molecule has 8 saturated heterocycles. The van der Waals surface area contributed by atoms with Gasteiger partial charge < -0.3 is 45.0 Å². The van der Waals surface area contributed by atoms with E-state index in [0.29, 0.717) is 128 Å². The van der Waals surface area contributed by atoms with Crippen LogP contribution in [0.3, 0.4) is 0 Å². The van der Waals surface area contributed by atoms with Gasteiger partial charge in [-0.3, -0.25) is 30.3 Å². The fourth-order valence-electron chi connectivity index (χ4n) is 7.53. The molecule has 8 fully saturated rings. The lowest BCUT2D eigenvalue weighted by Gasteiger charge is -2.23. The van der Waals surface area contributed by atoms with Crippen LogP contribution in [0.4, 0.5) is 14.4 Å². The Bertz CT molecular complexity index is 3420. The van der Waals surface area contributed by atoms with E-state index in [0.717, 1.165) is 5.56 Å². The molecule has 5 atom stereocenters. The van der Waals surface area contributed by atoms with Crippen molar-refractivity contribution in [2.45, 2.75) is 117 Å². The fraction of sp³-hybridized carbons (Fsp3) is 0.771. The second-order valence-electron chi connectivity index (χ2n) is 20.9. The maximum atomic E-state index is 11.5. The average Bonchev–Trinajstić information content (AvgIpc) is 1.47. The Balaban J connectivity index is 0.000000376. The number of rotatable bonds is 7. The molecule has 1 aromatic rings. The van der Waals surface area contributed by atoms with Crippen LogP contribution in [0.25, 0.3) is 0 Å². The highest BCUT2D eigenvalue weighted by Gasteiger charge is 2.30. The Kier molecular flexibility index (Phi) is 39.6. The lowest BCUT2D eigenvalue weighted by molar-refractivity contribution is -0.124. The molecule has 0 saturated carbocycles. The van der Waals surface area contributed by atoms with E-state index in [2.05, 4.69) is 64.5 Å². The maximum Gasteiger partial charge on any atom is 0.422 e. The summed E-state index contributed by atoms with van der Waals surface area (Å²) in [7, 11) is -25.0. The van der Waals surface area contributed by atoms with Crippen LogP contribution in [0.5, 0.6) is 0 Å². The Morgan fingerprint density at radius 1 is 0.490 bits per heavy atom.